The van der Waals surface area contributed by atoms with Crippen LogP contribution in [-0.4, -0.2) is 25.2 Å². The standard InChI is InChI=1S/C19H20ClNO4/c1-3-23-18-9-13-8-12(2)25-17(13)10-16(18)21-19(22)11-24-15-6-4-14(20)5-7-15/h4-7,9-10,12H,3,8,11H2,1-2H3,(H,21,22)/t12-/m1/s1. The largest absolute Gasteiger partial charge is 0.492 e. The lowest BCUT2D eigenvalue weighted by Crippen LogP contribution is -2.20. The van der Waals surface area contributed by atoms with Crippen molar-refractivity contribution < 1.29 is 19.0 Å². The van der Waals surface area contributed by atoms with Crippen LogP contribution in [-0.2, 0) is 11.2 Å². The second-order valence-corrected chi connectivity index (χ2v) is 6.25. The zero-order valence-electron chi connectivity index (χ0n) is 14.2. The highest BCUT2D eigenvalue weighted by Gasteiger charge is 2.22. The Morgan fingerprint density at radius 1 is 1.28 bits per heavy atom. The van der Waals surface area contributed by atoms with E-state index in [2.05, 4.69) is 5.32 Å². The fourth-order valence-corrected chi connectivity index (χ4v) is 2.80. The van der Waals surface area contributed by atoms with E-state index in [4.69, 9.17) is 25.8 Å². The molecule has 1 aliphatic heterocycles. The number of carbonyl (C=O) groups excluding carboxylic acids is 1. The summed E-state index contributed by atoms with van der Waals surface area (Å²) >= 11 is 5.82. The van der Waals surface area contributed by atoms with E-state index in [-0.39, 0.29) is 18.6 Å². The third-order valence-electron chi connectivity index (χ3n) is 3.76. The van der Waals surface area contributed by atoms with Gasteiger partial charge in [-0.1, -0.05) is 11.6 Å². The van der Waals surface area contributed by atoms with E-state index in [9.17, 15) is 4.79 Å². The van der Waals surface area contributed by atoms with Crippen LogP contribution in [0.15, 0.2) is 36.4 Å². The molecular formula is C19H20ClNO4. The summed E-state index contributed by atoms with van der Waals surface area (Å²) in [6.45, 7) is 4.32. The molecule has 1 aliphatic rings. The number of halogens is 1. The van der Waals surface area contributed by atoms with Crippen molar-refractivity contribution >= 4 is 23.2 Å². The van der Waals surface area contributed by atoms with Crippen LogP contribution >= 0.6 is 11.6 Å². The lowest BCUT2D eigenvalue weighted by atomic mass is 10.1. The average Bonchev–Trinajstić information content (AvgIpc) is 2.94. The van der Waals surface area contributed by atoms with Crippen LogP contribution in [0.2, 0.25) is 5.02 Å². The molecule has 6 heteroatoms. The molecule has 0 unspecified atom stereocenters. The van der Waals surface area contributed by atoms with Crippen molar-refractivity contribution in [2.75, 3.05) is 18.5 Å². The number of rotatable bonds is 6. The highest BCUT2D eigenvalue weighted by molar-refractivity contribution is 6.30. The van der Waals surface area contributed by atoms with Crippen LogP contribution in [0.4, 0.5) is 5.69 Å². The second-order valence-electron chi connectivity index (χ2n) is 5.81. The number of benzene rings is 2. The summed E-state index contributed by atoms with van der Waals surface area (Å²) in [5, 5.41) is 3.44. The first-order valence-electron chi connectivity index (χ1n) is 8.19. The van der Waals surface area contributed by atoms with Crippen LogP contribution in [0.3, 0.4) is 0 Å². The van der Waals surface area contributed by atoms with E-state index < -0.39 is 0 Å². The molecule has 0 aliphatic carbocycles. The predicted octanol–water partition coefficient (Wildman–Crippen LogP) is 4.08. The molecule has 2 aromatic carbocycles. The highest BCUT2D eigenvalue weighted by atomic mass is 35.5. The Hall–Kier alpha value is -2.40. The van der Waals surface area contributed by atoms with Crippen molar-refractivity contribution in [3.05, 3.63) is 47.0 Å². The fourth-order valence-electron chi connectivity index (χ4n) is 2.68. The molecule has 3 rings (SSSR count). The van der Waals surface area contributed by atoms with E-state index in [0.717, 1.165) is 17.7 Å². The molecule has 0 saturated carbocycles. The molecule has 2 aromatic rings. The number of ether oxygens (including phenoxy) is 3. The Bertz CT molecular complexity index is 761. The van der Waals surface area contributed by atoms with Gasteiger partial charge in [-0.2, -0.15) is 0 Å². The van der Waals surface area contributed by atoms with Gasteiger partial charge in [0.05, 0.1) is 12.3 Å². The molecule has 1 heterocycles. The second kappa shape index (κ2) is 7.66. The number of amides is 1. The zero-order valence-corrected chi connectivity index (χ0v) is 14.9. The lowest BCUT2D eigenvalue weighted by molar-refractivity contribution is -0.118. The summed E-state index contributed by atoms with van der Waals surface area (Å²) in [6.07, 6.45) is 0.965. The molecule has 1 atom stereocenters. The molecule has 5 nitrogen and oxygen atoms in total. The van der Waals surface area contributed by atoms with Gasteiger partial charge >= 0.3 is 0 Å². The smallest absolute Gasteiger partial charge is 0.262 e. The molecule has 0 spiro atoms. The van der Waals surface area contributed by atoms with E-state index in [1.165, 1.54) is 0 Å². The van der Waals surface area contributed by atoms with Crippen molar-refractivity contribution in [2.45, 2.75) is 26.4 Å². The fraction of sp³-hybridized carbons (Fsp3) is 0.316. The van der Waals surface area contributed by atoms with Gasteiger partial charge in [-0.25, -0.2) is 0 Å². The van der Waals surface area contributed by atoms with Gasteiger partial charge < -0.3 is 19.5 Å². The van der Waals surface area contributed by atoms with Gasteiger partial charge in [-0.15, -0.1) is 0 Å². The van der Waals surface area contributed by atoms with Crippen LogP contribution in [0.5, 0.6) is 17.2 Å². The normalized spacial score (nSPS) is 15.2. The Balaban J connectivity index is 1.67. The Morgan fingerprint density at radius 3 is 2.76 bits per heavy atom. The summed E-state index contributed by atoms with van der Waals surface area (Å²) in [4.78, 5) is 12.2. The molecule has 0 bridgehead atoms. The summed E-state index contributed by atoms with van der Waals surface area (Å²) < 4.78 is 16.9. The Labute approximate surface area is 151 Å². The third kappa shape index (κ3) is 4.37. The molecule has 0 saturated heterocycles. The first-order valence-corrected chi connectivity index (χ1v) is 8.57. The summed E-state index contributed by atoms with van der Waals surface area (Å²) in [5.41, 5.74) is 1.67. The van der Waals surface area contributed by atoms with Crippen molar-refractivity contribution in [3.8, 4) is 17.2 Å². The molecule has 0 fully saturated rings. The highest BCUT2D eigenvalue weighted by Crippen LogP contribution is 2.38. The maximum Gasteiger partial charge on any atom is 0.262 e. The SMILES string of the molecule is CCOc1cc2c(cc1NC(=O)COc1ccc(Cl)cc1)O[C@H](C)C2. The minimum atomic E-state index is -0.276. The third-order valence-corrected chi connectivity index (χ3v) is 4.01. The molecule has 0 aromatic heterocycles. The molecular weight excluding hydrogens is 342 g/mol. The quantitative estimate of drug-likeness (QED) is 0.842. The van der Waals surface area contributed by atoms with E-state index in [1.54, 1.807) is 24.3 Å². The monoisotopic (exact) mass is 361 g/mol. The van der Waals surface area contributed by atoms with Gasteiger partial charge in [-0.3, -0.25) is 4.79 Å². The van der Waals surface area contributed by atoms with Crippen LogP contribution in [0.1, 0.15) is 19.4 Å². The van der Waals surface area contributed by atoms with Gasteiger partial charge in [-0.05, 0) is 44.2 Å². The first-order chi connectivity index (χ1) is 12.0. The Kier molecular flexibility index (Phi) is 5.34. The molecule has 1 amide bonds. The van der Waals surface area contributed by atoms with Crippen molar-refractivity contribution in [2.24, 2.45) is 0 Å². The van der Waals surface area contributed by atoms with Crippen LogP contribution in [0.25, 0.3) is 0 Å². The minimum absolute atomic E-state index is 0.110. The molecule has 0 radical (unpaired) electrons. The van der Waals surface area contributed by atoms with E-state index in [0.29, 0.717) is 28.8 Å². The average molecular weight is 362 g/mol. The van der Waals surface area contributed by atoms with Crippen molar-refractivity contribution in [3.63, 3.8) is 0 Å². The Morgan fingerprint density at radius 2 is 2.04 bits per heavy atom. The van der Waals surface area contributed by atoms with Gasteiger partial charge in [0.1, 0.15) is 23.4 Å². The first kappa shape index (κ1) is 17.4. The maximum atomic E-state index is 12.2. The molecule has 132 valence electrons. The van der Waals surface area contributed by atoms with Gasteiger partial charge in [0, 0.05) is 23.1 Å². The van der Waals surface area contributed by atoms with Gasteiger partial charge in [0.25, 0.3) is 5.91 Å². The summed E-state index contributed by atoms with van der Waals surface area (Å²) in [5.74, 6) is 1.72. The summed E-state index contributed by atoms with van der Waals surface area (Å²) in [7, 11) is 0. The number of hydrogen-bond acceptors (Lipinski definition) is 4. The van der Waals surface area contributed by atoms with Crippen LogP contribution < -0.4 is 19.5 Å². The topological polar surface area (TPSA) is 56.8 Å². The number of carbonyl (C=O) groups is 1. The molecule has 25 heavy (non-hydrogen) atoms. The van der Waals surface area contributed by atoms with E-state index >= 15 is 0 Å². The zero-order chi connectivity index (χ0) is 17.8. The van der Waals surface area contributed by atoms with Gasteiger partial charge in [0.2, 0.25) is 0 Å². The number of fused-ring (bicyclic) bond motifs is 1. The summed E-state index contributed by atoms with van der Waals surface area (Å²) in [6, 6.07) is 10.6. The predicted molar refractivity (Wildman–Crippen MR) is 97.0 cm³/mol. The number of nitrogens with one attached hydrogen (secondary N) is 1. The van der Waals surface area contributed by atoms with E-state index in [1.807, 2.05) is 26.0 Å². The van der Waals surface area contributed by atoms with Crippen LogP contribution in [0, 0.1) is 0 Å². The van der Waals surface area contributed by atoms with Gasteiger partial charge in [0.15, 0.2) is 6.61 Å². The number of anilines is 1. The number of hydrogen-bond donors (Lipinski definition) is 1. The van der Waals surface area contributed by atoms with Crippen molar-refractivity contribution in [1.29, 1.82) is 0 Å². The lowest BCUT2D eigenvalue weighted by Gasteiger charge is -2.14. The maximum absolute atomic E-state index is 12.2. The van der Waals surface area contributed by atoms with Crippen molar-refractivity contribution in [1.82, 2.24) is 0 Å². The molecule has 1 N–H and O–H groups in total. The minimum Gasteiger partial charge on any atom is -0.492 e.